The maximum Gasteiger partial charge on any atom is 0.407 e. The molecule has 0 bridgehead atoms. The SMILES string of the molecule is O=C(N[C@H](CC[C@H](Cc1ccccc1)NC(=O)C1CCC(c2ccc(Cl)cc2)CC1)Cc1ccccc1)OCc1cncs1. The van der Waals surface area contributed by atoms with Gasteiger partial charge in [0.15, 0.2) is 0 Å². The van der Waals surface area contributed by atoms with Gasteiger partial charge in [-0.1, -0.05) is 84.4 Å². The van der Waals surface area contributed by atoms with E-state index in [4.69, 9.17) is 16.3 Å². The molecular formula is C36H40ClN3O3S. The zero-order valence-corrected chi connectivity index (χ0v) is 26.4. The molecule has 0 unspecified atom stereocenters. The first-order valence-electron chi connectivity index (χ1n) is 15.5. The third kappa shape index (κ3) is 9.93. The molecule has 0 aliphatic heterocycles. The van der Waals surface area contributed by atoms with Crippen molar-refractivity contribution in [2.75, 3.05) is 0 Å². The predicted octanol–water partition coefficient (Wildman–Crippen LogP) is 8.12. The standard InChI is InChI=1S/C36H40ClN3O3S/c37-31-17-15-29(16-18-31)28-11-13-30(14-12-28)35(41)39-32(21-26-7-3-1-4-8-26)19-20-33(22-27-9-5-2-6-10-27)40-36(42)43-24-34-23-38-25-44-34/h1-10,15-18,23,25,28,30,32-33H,11-14,19-22,24H2,(H,39,41)(H,40,42)/t28?,30?,32-,33-/m1/s1. The highest BCUT2D eigenvalue weighted by Crippen LogP contribution is 2.36. The lowest BCUT2D eigenvalue weighted by Gasteiger charge is -2.30. The number of amides is 2. The van der Waals surface area contributed by atoms with Crippen LogP contribution in [0.3, 0.4) is 0 Å². The van der Waals surface area contributed by atoms with E-state index in [1.807, 2.05) is 48.5 Å². The van der Waals surface area contributed by atoms with Crippen LogP contribution in [0.4, 0.5) is 4.79 Å². The van der Waals surface area contributed by atoms with E-state index in [2.05, 4.69) is 52.0 Å². The van der Waals surface area contributed by atoms with Crippen LogP contribution in [-0.4, -0.2) is 29.1 Å². The van der Waals surface area contributed by atoms with E-state index in [1.165, 1.54) is 22.5 Å². The Kier molecular flexibility index (Phi) is 11.8. The molecule has 1 aliphatic rings. The minimum atomic E-state index is -0.444. The molecule has 4 aromatic rings. The lowest BCUT2D eigenvalue weighted by Crippen LogP contribution is -2.43. The van der Waals surface area contributed by atoms with E-state index in [-0.39, 0.29) is 30.5 Å². The molecule has 1 aromatic heterocycles. The highest BCUT2D eigenvalue weighted by Gasteiger charge is 2.29. The fourth-order valence-corrected chi connectivity index (χ4v) is 6.68. The second-order valence-corrected chi connectivity index (χ2v) is 13.1. The Morgan fingerprint density at radius 2 is 1.41 bits per heavy atom. The Morgan fingerprint density at radius 1 is 0.818 bits per heavy atom. The topological polar surface area (TPSA) is 80.3 Å². The molecule has 2 N–H and O–H groups in total. The van der Waals surface area contributed by atoms with Gasteiger partial charge in [-0.2, -0.15) is 0 Å². The van der Waals surface area contributed by atoms with Gasteiger partial charge in [0, 0.05) is 29.2 Å². The zero-order valence-electron chi connectivity index (χ0n) is 24.9. The molecule has 1 heterocycles. The number of ether oxygens (including phenoxy) is 1. The van der Waals surface area contributed by atoms with E-state index in [0.717, 1.165) is 54.0 Å². The number of thiazole rings is 1. The number of benzene rings is 3. The fraction of sp³-hybridized carbons (Fsp3) is 0.361. The molecule has 6 nitrogen and oxygen atoms in total. The molecule has 0 spiro atoms. The van der Waals surface area contributed by atoms with E-state index in [9.17, 15) is 9.59 Å². The number of alkyl carbamates (subject to hydrolysis) is 1. The summed E-state index contributed by atoms with van der Waals surface area (Å²) >= 11 is 7.54. The first-order valence-corrected chi connectivity index (χ1v) is 16.7. The highest BCUT2D eigenvalue weighted by atomic mass is 35.5. The number of nitrogens with one attached hydrogen (secondary N) is 2. The van der Waals surface area contributed by atoms with Gasteiger partial charge in [-0.05, 0) is 86.1 Å². The summed E-state index contributed by atoms with van der Waals surface area (Å²) in [4.78, 5) is 31.3. The molecule has 2 amide bonds. The number of halogens is 1. The molecule has 44 heavy (non-hydrogen) atoms. The summed E-state index contributed by atoms with van der Waals surface area (Å²) in [5, 5.41) is 7.25. The van der Waals surface area contributed by atoms with Gasteiger partial charge < -0.3 is 15.4 Å². The summed E-state index contributed by atoms with van der Waals surface area (Å²) in [7, 11) is 0. The minimum Gasteiger partial charge on any atom is -0.444 e. The molecule has 1 aliphatic carbocycles. The van der Waals surface area contributed by atoms with Gasteiger partial charge in [0.05, 0.1) is 10.4 Å². The Bertz CT molecular complexity index is 1430. The van der Waals surface area contributed by atoms with Crippen LogP contribution in [0.15, 0.2) is 96.6 Å². The Labute approximate surface area is 269 Å². The number of rotatable bonds is 13. The van der Waals surface area contributed by atoms with Gasteiger partial charge in [0.1, 0.15) is 6.61 Å². The summed E-state index contributed by atoms with van der Waals surface area (Å²) in [6, 6.07) is 28.4. The monoisotopic (exact) mass is 629 g/mol. The normalized spacial score (nSPS) is 17.8. The van der Waals surface area contributed by atoms with Crippen LogP contribution in [0.25, 0.3) is 0 Å². The summed E-state index contributed by atoms with van der Waals surface area (Å²) in [5.74, 6) is 0.617. The zero-order chi connectivity index (χ0) is 30.6. The molecule has 0 saturated heterocycles. The molecule has 1 saturated carbocycles. The summed E-state index contributed by atoms with van der Waals surface area (Å²) in [6.45, 7) is 0.196. The predicted molar refractivity (Wildman–Crippen MR) is 177 cm³/mol. The third-order valence-electron chi connectivity index (χ3n) is 8.45. The summed E-state index contributed by atoms with van der Waals surface area (Å²) < 4.78 is 5.49. The number of hydrogen-bond donors (Lipinski definition) is 2. The van der Waals surface area contributed by atoms with E-state index in [1.54, 1.807) is 11.7 Å². The average Bonchev–Trinajstić information content (AvgIpc) is 3.58. The molecule has 1 fully saturated rings. The maximum absolute atomic E-state index is 13.6. The Balaban J connectivity index is 1.20. The number of carbonyl (C=O) groups excluding carboxylic acids is 2. The van der Waals surface area contributed by atoms with E-state index >= 15 is 0 Å². The molecule has 8 heteroatoms. The van der Waals surface area contributed by atoms with Crippen molar-refractivity contribution in [3.8, 4) is 0 Å². The molecular weight excluding hydrogens is 590 g/mol. The van der Waals surface area contributed by atoms with Crippen LogP contribution in [0.1, 0.15) is 66.0 Å². The van der Waals surface area contributed by atoms with Gasteiger partial charge in [-0.25, -0.2) is 4.79 Å². The van der Waals surface area contributed by atoms with Crippen molar-refractivity contribution >= 4 is 34.9 Å². The van der Waals surface area contributed by atoms with E-state index in [0.29, 0.717) is 18.8 Å². The molecule has 5 rings (SSSR count). The van der Waals surface area contributed by atoms with Crippen molar-refractivity contribution in [2.45, 2.75) is 76.0 Å². The average molecular weight is 630 g/mol. The Hall–Kier alpha value is -3.68. The van der Waals surface area contributed by atoms with Crippen LogP contribution < -0.4 is 10.6 Å². The number of nitrogens with zero attached hydrogens (tertiary/aromatic N) is 1. The van der Waals surface area contributed by atoms with E-state index < -0.39 is 6.09 Å². The second-order valence-electron chi connectivity index (χ2n) is 11.6. The molecule has 3 aromatic carbocycles. The summed E-state index contributed by atoms with van der Waals surface area (Å²) in [5.41, 5.74) is 5.35. The van der Waals surface area contributed by atoms with Crippen molar-refractivity contribution in [3.63, 3.8) is 0 Å². The van der Waals surface area contributed by atoms with Gasteiger partial charge in [0.2, 0.25) is 5.91 Å². The Morgan fingerprint density at radius 3 is 1.98 bits per heavy atom. The molecule has 0 radical (unpaired) electrons. The quantitative estimate of drug-likeness (QED) is 0.157. The largest absolute Gasteiger partial charge is 0.444 e. The van der Waals surface area contributed by atoms with Gasteiger partial charge in [0.25, 0.3) is 0 Å². The van der Waals surface area contributed by atoms with Crippen molar-refractivity contribution in [1.29, 1.82) is 0 Å². The first kappa shape index (κ1) is 31.7. The summed E-state index contributed by atoms with van der Waals surface area (Å²) in [6.07, 6.45) is 7.85. The van der Waals surface area contributed by atoms with Crippen LogP contribution in [-0.2, 0) is 29.0 Å². The lowest BCUT2D eigenvalue weighted by molar-refractivity contribution is -0.126. The van der Waals surface area contributed by atoms with Gasteiger partial charge >= 0.3 is 6.09 Å². The number of aromatic nitrogens is 1. The maximum atomic E-state index is 13.6. The lowest BCUT2D eigenvalue weighted by atomic mass is 9.78. The smallest absolute Gasteiger partial charge is 0.407 e. The van der Waals surface area contributed by atoms with Gasteiger partial charge in [-0.3, -0.25) is 9.78 Å². The van der Waals surface area contributed by atoms with Gasteiger partial charge in [-0.15, -0.1) is 11.3 Å². The number of carbonyl (C=O) groups is 2. The number of hydrogen-bond acceptors (Lipinski definition) is 5. The van der Waals surface area contributed by atoms with Crippen molar-refractivity contribution in [2.24, 2.45) is 5.92 Å². The first-order chi connectivity index (χ1) is 21.5. The van der Waals surface area contributed by atoms with Crippen molar-refractivity contribution < 1.29 is 14.3 Å². The van der Waals surface area contributed by atoms with Crippen LogP contribution in [0.5, 0.6) is 0 Å². The van der Waals surface area contributed by atoms with Crippen molar-refractivity contribution in [1.82, 2.24) is 15.6 Å². The molecule has 230 valence electrons. The third-order valence-corrected chi connectivity index (χ3v) is 9.46. The van der Waals surface area contributed by atoms with Crippen LogP contribution in [0.2, 0.25) is 5.02 Å². The highest BCUT2D eigenvalue weighted by molar-refractivity contribution is 7.09. The van der Waals surface area contributed by atoms with Crippen LogP contribution in [0, 0.1) is 5.92 Å². The molecule has 2 atom stereocenters. The second kappa shape index (κ2) is 16.4. The fourth-order valence-electron chi connectivity index (χ4n) is 6.05. The minimum absolute atomic E-state index is 0.0109. The van der Waals surface area contributed by atoms with Crippen molar-refractivity contribution in [3.05, 3.63) is 123 Å². The van der Waals surface area contributed by atoms with Crippen LogP contribution >= 0.6 is 22.9 Å².